The van der Waals surface area contributed by atoms with Gasteiger partial charge in [-0.25, -0.2) is 0 Å². The van der Waals surface area contributed by atoms with Crippen LogP contribution in [0.1, 0.15) is 11.4 Å². The molecule has 0 saturated heterocycles. The second kappa shape index (κ2) is 5.42. The third-order valence-corrected chi connectivity index (χ3v) is 2.94. The van der Waals surface area contributed by atoms with E-state index in [0.29, 0.717) is 18.1 Å². The minimum Gasteiger partial charge on any atom is -0.453 e. The van der Waals surface area contributed by atoms with E-state index in [1.165, 1.54) is 0 Å². The highest BCUT2D eigenvalue weighted by Gasteiger charge is 2.13. The third-order valence-electron chi connectivity index (χ3n) is 2.69. The molecule has 0 bridgehead atoms. The van der Waals surface area contributed by atoms with E-state index in [-0.39, 0.29) is 0 Å². The molecule has 0 atom stereocenters. The van der Waals surface area contributed by atoms with Crippen molar-refractivity contribution in [2.75, 3.05) is 6.54 Å². The van der Waals surface area contributed by atoms with Gasteiger partial charge >= 0.3 is 0 Å². The lowest BCUT2D eigenvalue weighted by Crippen LogP contribution is -2.12. The molecule has 1 aromatic carbocycles. The van der Waals surface area contributed by atoms with Crippen LogP contribution in [0.25, 0.3) is 0 Å². The Balaban J connectivity index is 2.26. The molecule has 0 fully saturated rings. The topological polar surface area (TPSA) is 53.1 Å². The van der Waals surface area contributed by atoms with Crippen LogP contribution in [0.3, 0.4) is 0 Å². The summed E-state index contributed by atoms with van der Waals surface area (Å²) < 4.78 is 7.70. The van der Waals surface area contributed by atoms with Gasteiger partial charge in [-0.2, -0.15) is 5.10 Å². The summed E-state index contributed by atoms with van der Waals surface area (Å²) in [6, 6.07) is 7.26. The van der Waals surface area contributed by atoms with E-state index in [2.05, 4.69) is 5.10 Å². The van der Waals surface area contributed by atoms with Gasteiger partial charge in [-0.3, -0.25) is 4.68 Å². The van der Waals surface area contributed by atoms with E-state index in [4.69, 9.17) is 22.1 Å². The molecule has 0 amide bonds. The fourth-order valence-electron chi connectivity index (χ4n) is 1.79. The highest BCUT2D eigenvalue weighted by atomic mass is 35.5. The summed E-state index contributed by atoms with van der Waals surface area (Å²) in [5, 5.41) is 5.09. The van der Waals surface area contributed by atoms with Crippen LogP contribution in [0.4, 0.5) is 0 Å². The van der Waals surface area contributed by atoms with E-state index >= 15 is 0 Å². The molecule has 1 heterocycles. The van der Waals surface area contributed by atoms with Gasteiger partial charge in [-0.1, -0.05) is 11.6 Å². The summed E-state index contributed by atoms with van der Waals surface area (Å²) in [7, 11) is 0. The summed E-state index contributed by atoms with van der Waals surface area (Å²) in [5.41, 5.74) is 7.38. The zero-order valence-corrected chi connectivity index (χ0v) is 11.2. The first-order valence-corrected chi connectivity index (χ1v) is 6.17. The Morgan fingerprint density at radius 2 is 1.94 bits per heavy atom. The van der Waals surface area contributed by atoms with E-state index < -0.39 is 0 Å². The molecule has 2 rings (SSSR count). The maximum atomic E-state index is 5.84. The first-order valence-electron chi connectivity index (χ1n) is 5.79. The predicted octanol–water partition coefficient (Wildman–Crippen LogP) is 2.90. The largest absolute Gasteiger partial charge is 0.453 e. The number of aryl methyl sites for hydroxylation is 1. The van der Waals surface area contributed by atoms with Crippen molar-refractivity contribution >= 4 is 11.6 Å². The highest BCUT2D eigenvalue weighted by molar-refractivity contribution is 6.30. The van der Waals surface area contributed by atoms with Crippen molar-refractivity contribution < 1.29 is 4.74 Å². The molecule has 2 N–H and O–H groups in total. The van der Waals surface area contributed by atoms with Gasteiger partial charge in [-0.05, 0) is 38.1 Å². The lowest BCUT2D eigenvalue weighted by molar-refractivity contribution is 0.472. The summed E-state index contributed by atoms with van der Waals surface area (Å²) in [5.74, 6) is 1.53. The summed E-state index contributed by atoms with van der Waals surface area (Å²) >= 11 is 5.84. The Bertz CT molecular complexity index is 534. The number of ether oxygens (including phenoxy) is 1. The Morgan fingerprint density at radius 1 is 1.28 bits per heavy atom. The van der Waals surface area contributed by atoms with Gasteiger partial charge in [-0.15, -0.1) is 0 Å². The quantitative estimate of drug-likeness (QED) is 0.925. The molecular formula is C13H16ClN3O. The lowest BCUT2D eigenvalue weighted by Gasteiger charge is -2.06. The molecule has 0 radical (unpaired) electrons. The molecule has 0 saturated carbocycles. The van der Waals surface area contributed by atoms with Gasteiger partial charge in [0.1, 0.15) is 11.4 Å². The van der Waals surface area contributed by atoms with Crippen molar-refractivity contribution in [1.82, 2.24) is 9.78 Å². The highest BCUT2D eigenvalue weighted by Crippen LogP contribution is 2.28. The zero-order chi connectivity index (χ0) is 13.1. The van der Waals surface area contributed by atoms with Gasteiger partial charge in [0.05, 0.1) is 12.2 Å². The first kappa shape index (κ1) is 12.9. The fourth-order valence-corrected chi connectivity index (χ4v) is 1.91. The van der Waals surface area contributed by atoms with Crippen LogP contribution in [-0.2, 0) is 6.54 Å². The Morgan fingerprint density at radius 3 is 2.56 bits per heavy atom. The molecule has 96 valence electrons. The van der Waals surface area contributed by atoms with Gasteiger partial charge in [0.2, 0.25) is 0 Å². The Kier molecular flexibility index (Phi) is 3.89. The van der Waals surface area contributed by atoms with Gasteiger partial charge in [0.15, 0.2) is 5.75 Å². The normalized spacial score (nSPS) is 10.7. The van der Waals surface area contributed by atoms with Crippen molar-refractivity contribution in [3.63, 3.8) is 0 Å². The predicted molar refractivity (Wildman–Crippen MR) is 72.3 cm³/mol. The average molecular weight is 266 g/mol. The van der Waals surface area contributed by atoms with Crippen LogP contribution in [0.2, 0.25) is 5.02 Å². The molecule has 5 heteroatoms. The molecule has 2 aromatic rings. The molecule has 0 spiro atoms. The van der Waals surface area contributed by atoms with Crippen molar-refractivity contribution in [3.8, 4) is 11.5 Å². The molecule has 0 aliphatic carbocycles. The van der Waals surface area contributed by atoms with Crippen LogP contribution >= 0.6 is 11.6 Å². The minimum atomic E-state index is 0.558. The zero-order valence-electron chi connectivity index (χ0n) is 10.5. The van der Waals surface area contributed by atoms with Crippen LogP contribution in [0.5, 0.6) is 11.5 Å². The van der Waals surface area contributed by atoms with Gasteiger partial charge in [0, 0.05) is 11.6 Å². The van der Waals surface area contributed by atoms with E-state index in [1.54, 1.807) is 12.1 Å². The second-order valence-electron chi connectivity index (χ2n) is 4.07. The fraction of sp³-hybridized carbons (Fsp3) is 0.308. The Labute approximate surface area is 111 Å². The number of halogens is 1. The van der Waals surface area contributed by atoms with E-state index in [0.717, 1.165) is 22.9 Å². The number of rotatable bonds is 4. The Hall–Kier alpha value is -1.52. The summed E-state index contributed by atoms with van der Waals surface area (Å²) in [6.07, 6.45) is 0. The monoisotopic (exact) mass is 265 g/mol. The van der Waals surface area contributed by atoms with Crippen LogP contribution < -0.4 is 10.5 Å². The number of hydrogen-bond acceptors (Lipinski definition) is 3. The van der Waals surface area contributed by atoms with E-state index in [9.17, 15) is 0 Å². The van der Waals surface area contributed by atoms with Gasteiger partial charge < -0.3 is 10.5 Å². The molecule has 0 aliphatic rings. The average Bonchev–Trinajstić information content (AvgIpc) is 2.60. The third kappa shape index (κ3) is 2.66. The summed E-state index contributed by atoms with van der Waals surface area (Å²) in [4.78, 5) is 0. The molecule has 4 nitrogen and oxygen atoms in total. The smallest absolute Gasteiger partial charge is 0.171 e. The first-order chi connectivity index (χ1) is 8.61. The number of nitrogens with two attached hydrogens (primary N) is 1. The molecule has 1 aromatic heterocycles. The molecule has 18 heavy (non-hydrogen) atoms. The van der Waals surface area contributed by atoms with Crippen LogP contribution in [-0.4, -0.2) is 16.3 Å². The van der Waals surface area contributed by atoms with E-state index in [1.807, 2.05) is 30.7 Å². The maximum Gasteiger partial charge on any atom is 0.171 e. The molecule has 0 unspecified atom stereocenters. The SMILES string of the molecule is Cc1nn(CCN)c(C)c1Oc1ccc(Cl)cc1. The minimum absolute atomic E-state index is 0.558. The van der Waals surface area contributed by atoms with Crippen molar-refractivity contribution in [2.24, 2.45) is 5.73 Å². The molecule has 0 aliphatic heterocycles. The van der Waals surface area contributed by atoms with Crippen molar-refractivity contribution in [2.45, 2.75) is 20.4 Å². The molecular weight excluding hydrogens is 250 g/mol. The van der Waals surface area contributed by atoms with Crippen LogP contribution in [0.15, 0.2) is 24.3 Å². The standard InChI is InChI=1S/C13H16ClN3O/c1-9-13(10(2)17(16-9)8-7-15)18-12-5-3-11(14)4-6-12/h3-6H,7-8,15H2,1-2H3. The van der Waals surface area contributed by atoms with Crippen molar-refractivity contribution in [3.05, 3.63) is 40.7 Å². The number of hydrogen-bond donors (Lipinski definition) is 1. The lowest BCUT2D eigenvalue weighted by atomic mass is 10.3. The summed E-state index contributed by atoms with van der Waals surface area (Å²) in [6.45, 7) is 5.14. The van der Waals surface area contributed by atoms with Crippen molar-refractivity contribution in [1.29, 1.82) is 0 Å². The number of aromatic nitrogens is 2. The number of benzene rings is 1. The number of nitrogens with zero attached hydrogens (tertiary/aromatic N) is 2. The van der Waals surface area contributed by atoms with Gasteiger partial charge in [0.25, 0.3) is 0 Å². The van der Waals surface area contributed by atoms with Crippen LogP contribution in [0, 0.1) is 13.8 Å². The maximum absolute atomic E-state index is 5.84. The second-order valence-corrected chi connectivity index (χ2v) is 4.50.